The van der Waals surface area contributed by atoms with Crippen LogP contribution in [0, 0.1) is 17.8 Å². The Hall–Kier alpha value is -0.570. The van der Waals surface area contributed by atoms with Crippen molar-refractivity contribution in [1.82, 2.24) is 0 Å². The number of aliphatic carboxylic acids is 1. The van der Waals surface area contributed by atoms with Gasteiger partial charge in [-0.1, -0.05) is 27.2 Å². The van der Waals surface area contributed by atoms with Crippen LogP contribution in [0.2, 0.25) is 0 Å². The van der Waals surface area contributed by atoms with Gasteiger partial charge in [-0.25, -0.2) is 0 Å². The first kappa shape index (κ1) is 11.5. The Morgan fingerprint density at radius 2 is 2.07 bits per heavy atom. The van der Waals surface area contributed by atoms with Gasteiger partial charge in [-0.15, -0.1) is 0 Å². The van der Waals surface area contributed by atoms with Gasteiger partial charge in [-0.2, -0.15) is 0 Å². The topological polar surface area (TPSA) is 63.3 Å². The molecule has 14 heavy (non-hydrogen) atoms. The third kappa shape index (κ3) is 1.92. The smallest absolute Gasteiger partial charge is 0.323 e. The van der Waals surface area contributed by atoms with E-state index in [1.54, 1.807) is 0 Å². The van der Waals surface area contributed by atoms with E-state index in [0.29, 0.717) is 18.3 Å². The molecule has 1 saturated carbocycles. The number of carboxylic acids is 1. The number of hydrogen-bond donors (Lipinski definition) is 2. The lowest BCUT2D eigenvalue weighted by Gasteiger charge is -2.42. The van der Waals surface area contributed by atoms with Crippen LogP contribution in [0.3, 0.4) is 0 Å². The zero-order valence-corrected chi connectivity index (χ0v) is 9.29. The summed E-state index contributed by atoms with van der Waals surface area (Å²) in [7, 11) is 0. The van der Waals surface area contributed by atoms with Gasteiger partial charge < -0.3 is 10.8 Å². The Labute approximate surface area is 85.7 Å². The molecule has 3 N–H and O–H groups in total. The predicted molar refractivity (Wildman–Crippen MR) is 55.9 cm³/mol. The summed E-state index contributed by atoms with van der Waals surface area (Å²) in [6.45, 7) is 6.21. The summed E-state index contributed by atoms with van der Waals surface area (Å²) in [6.07, 6.45) is 2.67. The highest BCUT2D eigenvalue weighted by Gasteiger charge is 2.46. The first-order valence-corrected chi connectivity index (χ1v) is 5.40. The third-order valence-electron chi connectivity index (χ3n) is 3.52. The van der Waals surface area contributed by atoms with E-state index in [2.05, 4.69) is 20.8 Å². The molecule has 1 unspecified atom stereocenters. The monoisotopic (exact) mass is 199 g/mol. The maximum atomic E-state index is 11.2. The molecule has 0 spiro atoms. The van der Waals surface area contributed by atoms with Gasteiger partial charge in [0, 0.05) is 0 Å². The van der Waals surface area contributed by atoms with Crippen molar-refractivity contribution in [3.05, 3.63) is 0 Å². The lowest BCUT2D eigenvalue weighted by Crippen LogP contribution is -2.58. The molecular weight excluding hydrogens is 178 g/mol. The molecule has 1 aliphatic rings. The van der Waals surface area contributed by atoms with E-state index in [0.717, 1.165) is 12.8 Å². The maximum absolute atomic E-state index is 11.2. The van der Waals surface area contributed by atoms with Crippen LogP contribution < -0.4 is 5.73 Å². The molecule has 1 aliphatic carbocycles. The van der Waals surface area contributed by atoms with Crippen LogP contribution in [0.4, 0.5) is 0 Å². The summed E-state index contributed by atoms with van der Waals surface area (Å²) in [5.41, 5.74) is 5.04. The van der Waals surface area contributed by atoms with E-state index >= 15 is 0 Å². The zero-order valence-electron chi connectivity index (χ0n) is 9.29. The first-order valence-electron chi connectivity index (χ1n) is 5.40. The van der Waals surface area contributed by atoms with E-state index < -0.39 is 11.5 Å². The highest BCUT2D eigenvalue weighted by molar-refractivity contribution is 5.79. The second-order valence-electron chi connectivity index (χ2n) is 5.08. The lowest BCUT2D eigenvalue weighted by atomic mass is 9.65. The Kier molecular flexibility index (Phi) is 3.20. The Bertz CT molecular complexity index is 227. The fourth-order valence-corrected chi connectivity index (χ4v) is 2.73. The zero-order chi connectivity index (χ0) is 10.9. The van der Waals surface area contributed by atoms with Crippen molar-refractivity contribution >= 4 is 5.97 Å². The minimum absolute atomic E-state index is 0.121. The highest BCUT2D eigenvalue weighted by atomic mass is 16.4. The van der Waals surface area contributed by atoms with Gasteiger partial charge in [0.25, 0.3) is 0 Å². The summed E-state index contributed by atoms with van der Waals surface area (Å²) < 4.78 is 0. The summed E-state index contributed by atoms with van der Waals surface area (Å²) >= 11 is 0. The molecule has 3 nitrogen and oxygen atoms in total. The number of hydrogen-bond acceptors (Lipinski definition) is 2. The fraction of sp³-hybridized carbons (Fsp3) is 0.909. The molecular formula is C11H21NO2. The van der Waals surface area contributed by atoms with Crippen LogP contribution in [0.5, 0.6) is 0 Å². The molecule has 0 aliphatic heterocycles. The van der Waals surface area contributed by atoms with Gasteiger partial charge in [0.15, 0.2) is 0 Å². The normalized spacial score (nSPS) is 38.6. The van der Waals surface area contributed by atoms with Crippen LogP contribution >= 0.6 is 0 Å². The van der Waals surface area contributed by atoms with Crippen LogP contribution in [-0.4, -0.2) is 16.6 Å². The van der Waals surface area contributed by atoms with Crippen LogP contribution in [0.15, 0.2) is 0 Å². The first-order chi connectivity index (χ1) is 6.38. The van der Waals surface area contributed by atoms with E-state index in [9.17, 15) is 9.90 Å². The molecule has 0 aromatic carbocycles. The van der Waals surface area contributed by atoms with Crippen LogP contribution in [0.25, 0.3) is 0 Å². The molecule has 3 heteroatoms. The van der Waals surface area contributed by atoms with Gasteiger partial charge in [0.05, 0.1) is 0 Å². The highest BCUT2D eigenvalue weighted by Crippen LogP contribution is 2.39. The van der Waals surface area contributed by atoms with Crippen molar-refractivity contribution in [2.24, 2.45) is 23.5 Å². The standard InChI is InChI=1S/C11H21NO2/c1-7(2)9-5-4-8(3)6-11(9,12)10(13)14/h7-9H,4-6,12H2,1-3H3,(H,13,14)/t8-,9+,11?/m1/s1. The lowest BCUT2D eigenvalue weighted by molar-refractivity contribution is -0.149. The third-order valence-corrected chi connectivity index (χ3v) is 3.52. The van der Waals surface area contributed by atoms with E-state index in [1.165, 1.54) is 0 Å². The molecule has 0 saturated heterocycles. The second kappa shape index (κ2) is 3.89. The molecule has 0 bridgehead atoms. The van der Waals surface area contributed by atoms with Gasteiger partial charge in [-0.3, -0.25) is 4.79 Å². The molecule has 0 aromatic heterocycles. The summed E-state index contributed by atoms with van der Waals surface area (Å²) in [5, 5.41) is 9.21. The van der Waals surface area contributed by atoms with Crippen LogP contribution in [-0.2, 0) is 4.79 Å². The van der Waals surface area contributed by atoms with Crippen LogP contribution in [0.1, 0.15) is 40.0 Å². The second-order valence-corrected chi connectivity index (χ2v) is 5.08. The van der Waals surface area contributed by atoms with Gasteiger partial charge in [0.2, 0.25) is 0 Å². The Balaban J connectivity index is 2.88. The number of carboxylic acid groups (broad SMARTS) is 1. The molecule has 0 amide bonds. The molecule has 1 rings (SSSR count). The Morgan fingerprint density at radius 3 is 2.50 bits per heavy atom. The predicted octanol–water partition coefficient (Wildman–Crippen LogP) is 1.86. The van der Waals surface area contributed by atoms with Crippen molar-refractivity contribution < 1.29 is 9.90 Å². The quantitative estimate of drug-likeness (QED) is 0.713. The van der Waals surface area contributed by atoms with Crippen molar-refractivity contribution in [3.8, 4) is 0 Å². The van der Waals surface area contributed by atoms with Gasteiger partial charge in [-0.05, 0) is 30.6 Å². The minimum atomic E-state index is -0.994. The van der Waals surface area contributed by atoms with Crippen molar-refractivity contribution in [3.63, 3.8) is 0 Å². The number of rotatable bonds is 2. The largest absolute Gasteiger partial charge is 0.480 e. The molecule has 1 fully saturated rings. The molecule has 0 heterocycles. The van der Waals surface area contributed by atoms with Crippen molar-refractivity contribution in [2.75, 3.05) is 0 Å². The van der Waals surface area contributed by atoms with Crippen molar-refractivity contribution in [1.29, 1.82) is 0 Å². The molecule has 82 valence electrons. The van der Waals surface area contributed by atoms with Gasteiger partial charge in [0.1, 0.15) is 5.54 Å². The maximum Gasteiger partial charge on any atom is 0.323 e. The fourth-order valence-electron chi connectivity index (χ4n) is 2.73. The molecule has 0 aromatic rings. The average Bonchev–Trinajstić information content (AvgIpc) is 2.02. The van der Waals surface area contributed by atoms with E-state index in [4.69, 9.17) is 5.73 Å². The van der Waals surface area contributed by atoms with E-state index in [-0.39, 0.29) is 5.92 Å². The summed E-state index contributed by atoms with van der Waals surface area (Å²) in [5.74, 6) is 0.0775. The molecule has 0 radical (unpaired) electrons. The molecule has 3 atom stereocenters. The van der Waals surface area contributed by atoms with E-state index in [1.807, 2.05) is 0 Å². The Morgan fingerprint density at radius 1 is 1.50 bits per heavy atom. The SMILES string of the molecule is CC(C)[C@@H]1CC[C@@H](C)CC1(N)C(=O)O. The summed E-state index contributed by atoms with van der Waals surface area (Å²) in [6, 6.07) is 0. The average molecular weight is 199 g/mol. The van der Waals surface area contributed by atoms with Crippen molar-refractivity contribution in [2.45, 2.75) is 45.6 Å². The number of nitrogens with two attached hydrogens (primary N) is 1. The van der Waals surface area contributed by atoms with Gasteiger partial charge >= 0.3 is 5.97 Å². The minimum Gasteiger partial charge on any atom is -0.480 e. The summed E-state index contributed by atoms with van der Waals surface area (Å²) in [4.78, 5) is 11.2. The number of carbonyl (C=O) groups is 1.